The minimum absolute atomic E-state index is 0.00409. The Morgan fingerprint density at radius 3 is 2.92 bits per heavy atom. The van der Waals surface area contributed by atoms with E-state index in [0.717, 1.165) is 10.9 Å². The number of furan rings is 1. The van der Waals surface area contributed by atoms with Crippen molar-refractivity contribution in [3.63, 3.8) is 0 Å². The number of nitrogens with one attached hydrogen (secondary N) is 1. The maximum atomic E-state index is 12.5. The van der Waals surface area contributed by atoms with Gasteiger partial charge in [0, 0.05) is 30.6 Å². The molecule has 0 aliphatic carbocycles. The molecule has 0 saturated heterocycles. The summed E-state index contributed by atoms with van der Waals surface area (Å²) >= 11 is 3.32. The lowest BCUT2D eigenvalue weighted by molar-refractivity contribution is 0.0950. The number of nitrogens with zero attached hydrogens (tertiary/aromatic N) is 1. The van der Waals surface area contributed by atoms with E-state index in [1.54, 1.807) is 24.5 Å². The van der Waals surface area contributed by atoms with E-state index in [9.17, 15) is 4.79 Å². The Morgan fingerprint density at radius 1 is 1.38 bits per heavy atom. The van der Waals surface area contributed by atoms with Crippen LogP contribution in [0.15, 0.2) is 51.8 Å². The maximum absolute atomic E-state index is 12.5. The average Bonchev–Trinajstić information content (AvgIpc) is 2.93. The Bertz CT molecular complexity index is 859. The quantitative estimate of drug-likeness (QED) is 0.707. The lowest BCUT2D eigenvalue weighted by atomic mass is 10.1. The van der Waals surface area contributed by atoms with Crippen molar-refractivity contribution in [3.05, 3.63) is 58.5 Å². The number of halogens is 1. The second-order valence-corrected chi connectivity index (χ2v) is 6.43. The van der Waals surface area contributed by atoms with E-state index in [1.807, 2.05) is 32.0 Å². The molecule has 3 aromatic rings. The second-order valence-electron chi connectivity index (χ2n) is 5.65. The van der Waals surface area contributed by atoms with Gasteiger partial charge in [0.1, 0.15) is 11.3 Å². The summed E-state index contributed by atoms with van der Waals surface area (Å²) in [5, 5.41) is 3.71. The van der Waals surface area contributed by atoms with Gasteiger partial charge in [-0.2, -0.15) is 0 Å². The molecular formula is C18H17BrN2O3. The van der Waals surface area contributed by atoms with Crippen LogP contribution in [-0.2, 0) is 6.54 Å². The van der Waals surface area contributed by atoms with Crippen LogP contribution in [0.2, 0.25) is 0 Å². The van der Waals surface area contributed by atoms with Crippen molar-refractivity contribution < 1.29 is 13.9 Å². The fraction of sp³-hybridized carbons (Fsp3) is 0.222. The number of fused-ring (bicyclic) bond motifs is 1. The number of hydrogen-bond donors (Lipinski definition) is 1. The largest absolute Gasteiger partial charge is 0.490 e. The number of ether oxygens (including phenoxy) is 1. The molecule has 0 spiro atoms. The highest BCUT2D eigenvalue weighted by atomic mass is 79.9. The van der Waals surface area contributed by atoms with Gasteiger partial charge in [-0.3, -0.25) is 9.78 Å². The Hall–Kier alpha value is -2.34. The first-order chi connectivity index (χ1) is 11.5. The van der Waals surface area contributed by atoms with Crippen molar-refractivity contribution >= 4 is 32.8 Å². The maximum Gasteiger partial charge on any atom is 0.251 e. The van der Waals surface area contributed by atoms with Crippen molar-refractivity contribution in [2.45, 2.75) is 26.5 Å². The van der Waals surface area contributed by atoms with Gasteiger partial charge in [0.05, 0.1) is 11.5 Å². The van der Waals surface area contributed by atoms with Gasteiger partial charge >= 0.3 is 0 Å². The zero-order valence-electron chi connectivity index (χ0n) is 13.4. The Labute approximate surface area is 148 Å². The third-order valence-corrected chi connectivity index (χ3v) is 3.76. The van der Waals surface area contributed by atoms with Crippen LogP contribution >= 0.6 is 15.9 Å². The summed E-state index contributed by atoms with van der Waals surface area (Å²) in [6.07, 6.45) is 3.42. The molecule has 2 aromatic heterocycles. The van der Waals surface area contributed by atoms with E-state index >= 15 is 0 Å². The molecule has 0 radical (unpaired) electrons. The smallest absolute Gasteiger partial charge is 0.251 e. The van der Waals surface area contributed by atoms with Crippen molar-refractivity contribution in [2.75, 3.05) is 0 Å². The van der Waals surface area contributed by atoms with Gasteiger partial charge in [0.15, 0.2) is 4.67 Å². The van der Waals surface area contributed by atoms with E-state index in [1.165, 1.54) is 0 Å². The highest BCUT2D eigenvalue weighted by Crippen LogP contribution is 2.33. The molecule has 0 aliphatic heterocycles. The summed E-state index contributed by atoms with van der Waals surface area (Å²) in [6, 6.07) is 9.04. The number of aromatic nitrogens is 1. The van der Waals surface area contributed by atoms with Crippen LogP contribution in [0.3, 0.4) is 0 Å². The zero-order chi connectivity index (χ0) is 17.1. The number of benzene rings is 1. The molecule has 0 bridgehead atoms. The Morgan fingerprint density at radius 2 is 2.21 bits per heavy atom. The molecule has 1 amide bonds. The molecule has 6 heteroatoms. The number of carbonyl (C=O) groups is 1. The van der Waals surface area contributed by atoms with Crippen LogP contribution in [0.1, 0.15) is 29.8 Å². The van der Waals surface area contributed by atoms with Crippen LogP contribution in [0.5, 0.6) is 5.75 Å². The van der Waals surface area contributed by atoms with Gasteiger partial charge in [-0.1, -0.05) is 6.07 Å². The van der Waals surface area contributed by atoms with Crippen molar-refractivity contribution in [1.29, 1.82) is 0 Å². The van der Waals surface area contributed by atoms with Crippen LogP contribution in [-0.4, -0.2) is 17.0 Å². The normalized spacial score (nSPS) is 11.0. The Kier molecular flexibility index (Phi) is 4.85. The summed E-state index contributed by atoms with van der Waals surface area (Å²) < 4.78 is 12.0. The molecule has 124 valence electrons. The minimum atomic E-state index is -0.193. The zero-order valence-corrected chi connectivity index (χ0v) is 15.0. The molecular weight excluding hydrogens is 372 g/mol. The standard InChI is InChI=1S/C18H17BrN2O3/c1-11(2)23-15-6-13(7-16-14(15)8-17(19)24-16)18(22)21-10-12-4-3-5-20-9-12/h3-9,11H,10H2,1-2H3,(H,21,22). The van der Waals surface area contributed by atoms with Crippen LogP contribution in [0.4, 0.5) is 0 Å². The lowest BCUT2D eigenvalue weighted by Gasteiger charge is -2.12. The highest BCUT2D eigenvalue weighted by molar-refractivity contribution is 9.10. The van der Waals surface area contributed by atoms with E-state index in [0.29, 0.717) is 28.1 Å². The SMILES string of the molecule is CC(C)Oc1cc(C(=O)NCc2cccnc2)cc2oc(Br)cc12. The van der Waals surface area contributed by atoms with Crippen LogP contribution < -0.4 is 10.1 Å². The van der Waals surface area contributed by atoms with Crippen molar-refractivity contribution in [1.82, 2.24) is 10.3 Å². The molecule has 24 heavy (non-hydrogen) atoms. The third-order valence-electron chi connectivity index (χ3n) is 3.37. The van der Waals surface area contributed by atoms with E-state index in [4.69, 9.17) is 9.15 Å². The molecule has 0 saturated carbocycles. The molecule has 3 rings (SSSR count). The highest BCUT2D eigenvalue weighted by Gasteiger charge is 2.15. The molecule has 0 unspecified atom stereocenters. The van der Waals surface area contributed by atoms with Gasteiger partial charge < -0.3 is 14.5 Å². The van der Waals surface area contributed by atoms with Crippen molar-refractivity contribution in [2.24, 2.45) is 0 Å². The molecule has 1 N–H and O–H groups in total. The molecule has 2 heterocycles. The first-order valence-corrected chi connectivity index (χ1v) is 8.39. The summed E-state index contributed by atoms with van der Waals surface area (Å²) in [7, 11) is 0. The average molecular weight is 389 g/mol. The first kappa shape index (κ1) is 16.5. The number of pyridine rings is 1. The van der Waals surface area contributed by atoms with Gasteiger partial charge in [0.25, 0.3) is 5.91 Å². The van der Waals surface area contributed by atoms with E-state index < -0.39 is 0 Å². The van der Waals surface area contributed by atoms with Gasteiger partial charge in [-0.25, -0.2) is 0 Å². The third kappa shape index (κ3) is 3.76. The lowest BCUT2D eigenvalue weighted by Crippen LogP contribution is -2.23. The van der Waals surface area contributed by atoms with Crippen molar-refractivity contribution in [3.8, 4) is 5.75 Å². The molecule has 0 fully saturated rings. The van der Waals surface area contributed by atoms with E-state index in [2.05, 4.69) is 26.2 Å². The number of carbonyl (C=O) groups excluding carboxylic acids is 1. The monoisotopic (exact) mass is 388 g/mol. The van der Waals surface area contributed by atoms with E-state index in [-0.39, 0.29) is 12.0 Å². The molecule has 0 aliphatic rings. The van der Waals surface area contributed by atoms with Gasteiger partial charge in [-0.15, -0.1) is 0 Å². The topological polar surface area (TPSA) is 64.4 Å². The summed E-state index contributed by atoms with van der Waals surface area (Å²) in [5.74, 6) is 0.436. The molecule has 5 nitrogen and oxygen atoms in total. The minimum Gasteiger partial charge on any atom is -0.490 e. The van der Waals surface area contributed by atoms with Crippen LogP contribution in [0, 0.1) is 0 Å². The van der Waals surface area contributed by atoms with Crippen LogP contribution in [0.25, 0.3) is 11.0 Å². The summed E-state index contributed by atoms with van der Waals surface area (Å²) in [5.41, 5.74) is 2.03. The number of amides is 1. The first-order valence-electron chi connectivity index (χ1n) is 7.60. The predicted molar refractivity (Wildman–Crippen MR) is 95.1 cm³/mol. The van der Waals surface area contributed by atoms with Gasteiger partial charge in [0.2, 0.25) is 0 Å². The summed E-state index contributed by atoms with van der Waals surface area (Å²) in [6.45, 7) is 4.29. The second kappa shape index (κ2) is 7.05. The number of hydrogen-bond acceptors (Lipinski definition) is 4. The predicted octanol–water partition coefficient (Wildman–Crippen LogP) is 4.31. The Balaban J connectivity index is 1.86. The molecule has 0 atom stereocenters. The number of rotatable bonds is 5. The summed E-state index contributed by atoms with van der Waals surface area (Å²) in [4.78, 5) is 16.5. The fourth-order valence-electron chi connectivity index (χ4n) is 2.35. The molecule has 1 aromatic carbocycles. The fourth-order valence-corrected chi connectivity index (χ4v) is 2.75. The van der Waals surface area contributed by atoms with Gasteiger partial charge in [-0.05, 0) is 53.5 Å².